The second kappa shape index (κ2) is 12.8. The molecule has 214 valence electrons. The minimum absolute atomic E-state index is 0.103. The number of thiazole rings is 1. The number of fused-ring (bicyclic) bond motifs is 1. The van der Waals surface area contributed by atoms with Crippen molar-refractivity contribution in [2.75, 3.05) is 89.7 Å². The maximum Gasteiger partial charge on any atom is 0.293 e. The van der Waals surface area contributed by atoms with Crippen molar-refractivity contribution in [2.45, 2.75) is 6.42 Å². The molecule has 2 aliphatic heterocycles. The molecule has 0 saturated carbocycles. The van der Waals surface area contributed by atoms with Crippen LogP contribution < -0.4 is 19.3 Å². The molecular weight excluding hydrogens is 538 g/mol. The zero-order chi connectivity index (χ0) is 28.1. The lowest BCUT2D eigenvalue weighted by Crippen LogP contribution is -2.39. The average Bonchev–Trinajstić information content (AvgIpc) is 3.44. The second-order valence-electron chi connectivity index (χ2n) is 9.47. The van der Waals surface area contributed by atoms with Gasteiger partial charge in [-0.15, -0.1) is 0 Å². The smallest absolute Gasteiger partial charge is 0.293 e. The van der Waals surface area contributed by atoms with Crippen molar-refractivity contribution < 1.29 is 28.7 Å². The first-order valence-corrected chi connectivity index (χ1v) is 14.1. The number of amides is 1. The number of carbonyl (C=O) groups excluding carboxylic acids is 1. The highest BCUT2D eigenvalue weighted by molar-refractivity contribution is 7.22. The van der Waals surface area contributed by atoms with Gasteiger partial charge >= 0.3 is 0 Å². The van der Waals surface area contributed by atoms with Crippen molar-refractivity contribution in [1.82, 2.24) is 9.88 Å². The molecule has 0 unspecified atom stereocenters. The number of hydrogen-bond acceptors (Lipinski definition) is 11. The van der Waals surface area contributed by atoms with Crippen molar-refractivity contribution in [3.05, 3.63) is 46.0 Å². The van der Waals surface area contributed by atoms with Gasteiger partial charge in [-0.25, -0.2) is 4.98 Å². The Morgan fingerprint density at radius 2 is 1.73 bits per heavy atom. The molecule has 2 fully saturated rings. The van der Waals surface area contributed by atoms with E-state index in [1.807, 2.05) is 4.90 Å². The maximum atomic E-state index is 14.0. The molecule has 0 spiro atoms. The number of rotatable bonds is 10. The number of aromatic nitrogens is 1. The Bertz CT molecular complexity index is 1310. The third kappa shape index (κ3) is 5.97. The SMILES string of the molecule is COc1ccc(OC)c2sc(N(CCCN3CCOCC3)C(=O)c3ccc(N4CCOCC4)c([N+](=O)[O-])c3)nc12. The van der Waals surface area contributed by atoms with Crippen LogP contribution in [0.4, 0.5) is 16.5 Å². The summed E-state index contributed by atoms with van der Waals surface area (Å²) in [7, 11) is 3.15. The maximum absolute atomic E-state index is 14.0. The summed E-state index contributed by atoms with van der Waals surface area (Å²) in [6, 6.07) is 8.28. The van der Waals surface area contributed by atoms with Gasteiger partial charge in [-0.3, -0.25) is 24.7 Å². The van der Waals surface area contributed by atoms with E-state index in [1.54, 1.807) is 43.4 Å². The van der Waals surface area contributed by atoms with Gasteiger partial charge in [-0.1, -0.05) is 11.3 Å². The Hall–Kier alpha value is -3.52. The van der Waals surface area contributed by atoms with Crippen LogP contribution in [-0.2, 0) is 9.47 Å². The number of benzene rings is 2. The fourth-order valence-corrected chi connectivity index (χ4v) is 6.08. The summed E-state index contributed by atoms with van der Waals surface area (Å²) in [5, 5.41) is 12.5. The molecule has 3 heterocycles. The molecule has 0 aliphatic carbocycles. The minimum atomic E-state index is -0.433. The summed E-state index contributed by atoms with van der Waals surface area (Å²) in [6.07, 6.45) is 0.698. The molecule has 1 amide bonds. The third-order valence-corrected chi connectivity index (χ3v) is 8.20. The molecule has 0 N–H and O–H groups in total. The van der Waals surface area contributed by atoms with Crippen LogP contribution in [-0.4, -0.2) is 101 Å². The van der Waals surface area contributed by atoms with Crippen LogP contribution in [0.15, 0.2) is 30.3 Å². The van der Waals surface area contributed by atoms with E-state index in [2.05, 4.69) is 4.90 Å². The summed E-state index contributed by atoms with van der Waals surface area (Å²) in [4.78, 5) is 36.3. The van der Waals surface area contributed by atoms with Crippen LogP contribution in [0.2, 0.25) is 0 Å². The third-order valence-electron chi connectivity index (χ3n) is 7.11. The van der Waals surface area contributed by atoms with E-state index in [1.165, 1.54) is 17.4 Å². The number of nitrogens with zero attached hydrogens (tertiary/aromatic N) is 5. The molecular formula is C27H33N5O7S. The molecule has 2 saturated heterocycles. The van der Waals surface area contributed by atoms with Crippen LogP contribution in [0, 0.1) is 10.1 Å². The highest BCUT2D eigenvalue weighted by Gasteiger charge is 2.28. The summed E-state index contributed by atoms with van der Waals surface area (Å²) >= 11 is 1.33. The summed E-state index contributed by atoms with van der Waals surface area (Å²) in [5.74, 6) is 0.853. The largest absolute Gasteiger partial charge is 0.495 e. The first kappa shape index (κ1) is 28.0. The van der Waals surface area contributed by atoms with E-state index in [9.17, 15) is 14.9 Å². The molecule has 12 nitrogen and oxygen atoms in total. The summed E-state index contributed by atoms with van der Waals surface area (Å²) in [6.45, 7) is 6.36. The van der Waals surface area contributed by atoms with Gasteiger partial charge in [0.05, 0.1) is 45.6 Å². The molecule has 3 aromatic rings. The van der Waals surface area contributed by atoms with E-state index in [-0.39, 0.29) is 17.2 Å². The van der Waals surface area contributed by atoms with Crippen molar-refractivity contribution in [3.63, 3.8) is 0 Å². The number of hydrogen-bond donors (Lipinski definition) is 0. The zero-order valence-electron chi connectivity index (χ0n) is 22.7. The predicted octanol–water partition coefficient (Wildman–Crippen LogP) is 3.43. The van der Waals surface area contributed by atoms with Gasteiger partial charge < -0.3 is 23.8 Å². The highest BCUT2D eigenvalue weighted by atomic mass is 32.1. The molecule has 0 radical (unpaired) electrons. The Kier molecular flexibility index (Phi) is 8.94. The lowest BCUT2D eigenvalue weighted by atomic mass is 10.1. The molecule has 2 aromatic carbocycles. The topological polar surface area (TPSA) is 120 Å². The van der Waals surface area contributed by atoms with Crippen molar-refractivity contribution in [1.29, 1.82) is 0 Å². The number of morpholine rings is 2. The standard InChI is InChI=1S/C27H33N5O7S/c1-36-22-6-7-23(37-2)25-24(22)28-27(40-25)31(9-3-8-29-10-14-38-15-11-29)26(33)19-4-5-20(21(18-19)32(34)35)30-12-16-39-17-13-30/h4-7,18H,3,8-17H2,1-2H3. The molecule has 2 aliphatic rings. The van der Waals surface area contributed by atoms with E-state index in [0.29, 0.717) is 80.3 Å². The molecule has 13 heteroatoms. The quantitative estimate of drug-likeness (QED) is 0.264. The first-order chi connectivity index (χ1) is 19.5. The van der Waals surface area contributed by atoms with E-state index >= 15 is 0 Å². The average molecular weight is 572 g/mol. The predicted molar refractivity (Wildman–Crippen MR) is 152 cm³/mol. The zero-order valence-corrected chi connectivity index (χ0v) is 23.5. The second-order valence-corrected chi connectivity index (χ2v) is 10.4. The fourth-order valence-electron chi connectivity index (χ4n) is 4.98. The van der Waals surface area contributed by atoms with Gasteiger partial charge in [-0.2, -0.15) is 0 Å². The van der Waals surface area contributed by atoms with Crippen LogP contribution >= 0.6 is 11.3 Å². The Morgan fingerprint density at radius 1 is 1.05 bits per heavy atom. The van der Waals surface area contributed by atoms with Crippen LogP contribution in [0.5, 0.6) is 11.5 Å². The van der Waals surface area contributed by atoms with E-state index < -0.39 is 4.92 Å². The monoisotopic (exact) mass is 571 g/mol. The van der Waals surface area contributed by atoms with E-state index in [4.69, 9.17) is 23.9 Å². The van der Waals surface area contributed by atoms with Crippen LogP contribution in [0.1, 0.15) is 16.8 Å². The molecule has 40 heavy (non-hydrogen) atoms. The number of nitro groups is 1. The Morgan fingerprint density at radius 3 is 2.40 bits per heavy atom. The Balaban J connectivity index is 1.48. The van der Waals surface area contributed by atoms with Crippen molar-refractivity contribution in [3.8, 4) is 11.5 Å². The van der Waals surface area contributed by atoms with Gasteiger partial charge in [0, 0.05) is 50.9 Å². The van der Waals surface area contributed by atoms with Crippen LogP contribution in [0.25, 0.3) is 10.2 Å². The molecule has 5 rings (SSSR count). The lowest BCUT2D eigenvalue weighted by molar-refractivity contribution is -0.384. The number of nitro benzene ring substituents is 1. The van der Waals surface area contributed by atoms with Gasteiger partial charge in [0.15, 0.2) is 5.13 Å². The van der Waals surface area contributed by atoms with Crippen LogP contribution in [0.3, 0.4) is 0 Å². The summed E-state index contributed by atoms with van der Waals surface area (Å²) in [5.41, 5.74) is 1.21. The highest BCUT2D eigenvalue weighted by Crippen LogP contribution is 2.41. The normalized spacial score (nSPS) is 16.2. The van der Waals surface area contributed by atoms with E-state index in [0.717, 1.165) is 24.3 Å². The minimum Gasteiger partial charge on any atom is -0.495 e. The number of ether oxygens (including phenoxy) is 4. The molecule has 0 bridgehead atoms. The van der Waals surface area contributed by atoms with Crippen molar-refractivity contribution >= 4 is 44.0 Å². The van der Waals surface area contributed by atoms with Gasteiger partial charge in [0.25, 0.3) is 11.6 Å². The molecule has 1 aromatic heterocycles. The number of carbonyl (C=O) groups is 1. The Labute approximate surface area is 236 Å². The summed E-state index contributed by atoms with van der Waals surface area (Å²) < 4.78 is 22.7. The lowest BCUT2D eigenvalue weighted by Gasteiger charge is -2.29. The van der Waals surface area contributed by atoms with Gasteiger partial charge in [-0.05, 0) is 30.7 Å². The molecule has 0 atom stereocenters. The first-order valence-electron chi connectivity index (χ1n) is 13.2. The van der Waals surface area contributed by atoms with Gasteiger partial charge in [0.2, 0.25) is 0 Å². The van der Waals surface area contributed by atoms with Gasteiger partial charge in [0.1, 0.15) is 27.4 Å². The fraction of sp³-hybridized carbons (Fsp3) is 0.481. The van der Waals surface area contributed by atoms with Crippen molar-refractivity contribution in [2.24, 2.45) is 0 Å². The number of anilines is 2. The number of methoxy groups -OCH3 is 2.